The highest BCUT2D eigenvalue weighted by Gasteiger charge is 2.35. The van der Waals surface area contributed by atoms with Crippen molar-refractivity contribution in [3.05, 3.63) is 0 Å². The van der Waals surface area contributed by atoms with Crippen LogP contribution in [0.2, 0.25) is 0 Å². The Morgan fingerprint density at radius 2 is 2.40 bits per heavy atom. The quantitative estimate of drug-likeness (QED) is 0.719. The van der Waals surface area contributed by atoms with Crippen LogP contribution in [0.5, 0.6) is 0 Å². The molecule has 0 saturated carbocycles. The molecule has 2 rings (SSSR count). The summed E-state index contributed by atoms with van der Waals surface area (Å²) in [4.78, 5) is 13.8. The van der Waals surface area contributed by atoms with Crippen molar-refractivity contribution in [1.82, 2.24) is 4.90 Å². The van der Waals surface area contributed by atoms with Gasteiger partial charge >= 0.3 is 0 Å². The minimum atomic E-state index is 0.282. The van der Waals surface area contributed by atoms with Crippen LogP contribution in [0.15, 0.2) is 0 Å². The highest BCUT2D eigenvalue weighted by atomic mass is 16.5. The Morgan fingerprint density at radius 1 is 1.60 bits per heavy atom. The van der Waals surface area contributed by atoms with E-state index in [1.54, 1.807) is 0 Å². The predicted octanol–water partition coefficient (Wildman–Crippen LogP) is 0.361. The van der Waals surface area contributed by atoms with Crippen molar-refractivity contribution in [2.24, 2.45) is 11.7 Å². The van der Waals surface area contributed by atoms with E-state index >= 15 is 0 Å². The van der Waals surface area contributed by atoms with Gasteiger partial charge in [0.1, 0.15) is 0 Å². The monoisotopic (exact) mass is 212 g/mol. The van der Waals surface area contributed by atoms with Crippen molar-refractivity contribution in [2.45, 2.75) is 38.3 Å². The molecule has 3 unspecified atom stereocenters. The average Bonchev–Trinajstić information content (AvgIpc) is 2.60. The van der Waals surface area contributed by atoms with Crippen molar-refractivity contribution >= 4 is 5.91 Å². The zero-order valence-electron chi connectivity index (χ0n) is 9.32. The standard InChI is InChI=1S/C11H20N2O2/c1-8-4-10(2-3-15-8)13-7-9(6-12)5-11(13)14/h8-10H,2-7,12H2,1H3. The highest BCUT2D eigenvalue weighted by molar-refractivity contribution is 5.79. The first-order chi connectivity index (χ1) is 7.20. The van der Waals surface area contributed by atoms with Gasteiger partial charge in [0.2, 0.25) is 5.91 Å². The Morgan fingerprint density at radius 3 is 3.00 bits per heavy atom. The fourth-order valence-electron chi connectivity index (χ4n) is 2.58. The molecular weight excluding hydrogens is 192 g/mol. The van der Waals surface area contributed by atoms with Crippen LogP contribution in [0.3, 0.4) is 0 Å². The third-order valence-corrected chi connectivity index (χ3v) is 3.47. The summed E-state index contributed by atoms with van der Waals surface area (Å²) in [6.07, 6.45) is 2.88. The van der Waals surface area contributed by atoms with E-state index in [4.69, 9.17) is 10.5 Å². The lowest BCUT2D eigenvalue weighted by molar-refractivity contribution is -0.132. The van der Waals surface area contributed by atoms with E-state index in [-0.39, 0.29) is 12.0 Å². The second-order valence-electron chi connectivity index (χ2n) is 4.71. The molecule has 2 heterocycles. The number of hydrogen-bond acceptors (Lipinski definition) is 3. The Bertz CT molecular complexity index is 245. The number of hydrogen-bond donors (Lipinski definition) is 1. The summed E-state index contributed by atoms with van der Waals surface area (Å²) in [5.41, 5.74) is 5.61. The van der Waals surface area contributed by atoms with E-state index in [1.807, 2.05) is 4.90 Å². The van der Waals surface area contributed by atoms with Gasteiger partial charge in [-0.15, -0.1) is 0 Å². The van der Waals surface area contributed by atoms with Crippen LogP contribution in [-0.4, -0.2) is 42.6 Å². The maximum absolute atomic E-state index is 11.8. The third-order valence-electron chi connectivity index (χ3n) is 3.47. The zero-order chi connectivity index (χ0) is 10.8. The van der Waals surface area contributed by atoms with Gasteiger partial charge in [0.05, 0.1) is 6.10 Å². The summed E-state index contributed by atoms with van der Waals surface area (Å²) >= 11 is 0. The van der Waals surface area contributed by atoms with Gasteiger partial charge in [-0.25, -0.2) is 0 Å². The van der Waals surface area contributed by atoms with Crippen LogP contribution in [-0.2, 0) is 9.53 Å². The molecule has 86 valence electrons. The number of carbonyl (C=O) groups excluding carboxylic acids is 1. The normalized spacial score (nSPS) is 37.3. The van der Waals surface area contributed by atoms with E-state index in [0.717, 1.165) is 26.0 Å². The summed E-state index contributed by atoms with van der Waals surface area (Å²) in [5, 5.41) is 0. The first kappa shape index (κ1) is 10.9. The molecule has 1 amide bonds. The lowest BCUT2D eigenvalue weighted by Crippen LogP contribution is -2.42. The molecule has 2 saturated heterocycles. The molecule has 2 aliphatic heterocycles. The molecule has 0 spiro atoms. The number of nitrogens with zero attached hydrogens (tertiary/aromatic N) is 1. The molecule has 2 fully saturated rings. The lowest BCUT2D eigenvalue weighted by atomic mass is 10.0. The van der Waals surface area contributed by atoms with Gasteiger partial charge in [0.25, 0.3) is 0 Å². The number of nitrogens with two attached hydrogens (primary N) is 1. The molecule has 2 aliphatic rings. The Hall–Kier alpha value is -0.610. The van der Waals surface area contributed by atoms with Crippen LogP contribution in [0.4, 0.5) is 0 Å². The zero-order valence-corrected chi connectivity index (χ0v) is 9.32. The van der Waals surface area contributed by atoms with E-state index in [9.17, 15) is 4.79 Å². The second-order valence-corrected chi connectivity index (χ2v) is 4.71. The Kier molecular flexibility index (Phi) is 3.26. The molecule has 0 aromatic heterocycles. The first-order valence-corrected chi connectivity index (χ1v) is 5.82. The molecule has 0 radical (unpaired) electrons. The van der Waals surface area contributed by atoms with E-state index in [1.165, 1.54) is 0 Å². The summed E-state index contributed by atoms with van der Waals surface area (Å²) in [7, 11) is 0. The fraction of sp³-hybridized carbons (Fsp3) is 0.909. The van der Waals surface area contributed by atoms with Crippen molar-refractivity contribution in [3.63, 3.8) is 0 Å². The van der Waals surface area contributed by atoms with E-state index in [2.05, 4.69) is 6.92 Å². The molecule has 2 N–H and O–H groups in total. The van der Waals surface area contributed by atoms with Gasteiger partial charge in [-0.1, -0.05) is 0 Å². The molecule has 4 nitrogen and oxygen atoms in total. The average molecular weight is 212 g/mol. The second kappa shape index (κ2) is 4.49. The smallest absolute Gasteiger partial charge is 0.223 e. The molecular formula is C11H20N2O2. The molecule has 0 aromatic rings. The SMILES string of the molecule is CC1CC(N2CC(CN)CC2=O)CCO1. The van der Waals surface area contributed by atoms with Crippen LogP contribution in [0.25, 0.3) is 0 Å². The molecule has 3 atom stereocenters. The fourth-order valence-corrected chi connectivity index (χ4v) is 2.58. The number of ether oxygens (including phenoxy) is 1. The van der Waals surface area contributed by atoms with Gasteiger partial charge in [-0.05, 0) is 32.2 Å². The van der Waals surface area contributed by atoms with Gasteiger partial charge < -0.3 is 15.4 Å². The summed E-state index contributed by atoms with van der Waals surface area (Å²) in [6, 6.07) is 0.387. The third kappa shape index (κ3) is 2.32. The topological polar surface area (TPSA) is 55.6 Å². The van der Waals surface area contributed by atoms with E-state index < -0.39 is 0 Å². The molecule has 0 aromatic carbocycles. The number of rotatable bonds is 2. The first-order valence-electron chi connectivity index (χ1n) is 5.82. The van der Waals surface area contributed by atoms with Crippen molar-refractivity contribution in [1.29, 1.82) is 0 Å². The highest BCUT2D eigenvalue weighted by Crippen LogP contribution is 2.26. The van der Waals surface area contributed by atoms with Crippen LogP contribution in [0, 0.1) is 5.92 Å². The van der Waals surface area contributed by atoms with Crippen molar-refractivity contribution in [2.75, 3.05) is 19.7 Å². The summed E-state index contributed by atoms with van der Waals surface area (Å²) in [5.74, 6) is 0.653. The van der Waals surface area contributed by atoms with Crippen LogP contribution >= 0.6 is 0 Å². The summed E-state index contributed by atoms with van der Waals surface area (Å²) < 4.78 is 5.49. The molecule has 4 heteroatoms. The molecule has 15 heavy (non-hydrogen) atoms. The molecule has 0 aliphatic carbocycles. The van der Waals surface area contributed by atoms with Gasteiger partial charge in [-0.2, -0.15) is 0 Å². The van der Waals surface area contributed by atoms with Crippen LogP contribution in [0.1, 0.15) is 26.2 Å². The van der Waals surface area contributed by atoms with Crippen molar-refractivity contribution in [3.8, 4) is 0 Å². The largest absolute Gasteiger partial charge is 0.378 e. The number of amides is 1. The van der Waals surface area contributed by atoms with Crippen molar-refractivity contribution < 1.29 is 9.53 Å². The summed E-state index contributed by atoms with van der Waals surface area (Å²) in [6.45, 7) is 4.34. The maximum atomic E-state index is 11.8. The Balaban J connectivity index is 1.95. The van der Waals surface area contributed by atoms with E-state index in [0.29, 0.717) is 24.9 Å². The minimum Gasteiger partial charge on any atom is -0.378 e. The molecule has 0 bridgehead atoms. The predicted molar refractivity (Wildman–Crippen MR) is 57.3 cm³/mol. The minimum absolute atomic E-state index is 0.282. The number of likely N-dealkylation sites (tertiary alicyclic amines) is 1. The number of carbonyl (C=O) groups is 1. The van der Waals surface area contributed by atoms with Gasteiger partial charge in [0, 0.05) is 25.6 Å². The maximum Gasteiger partial charge on any atom is 0.223 e. The Labute approximate surface area is 90.8 Å². The van der Waals surface area contributed by atoms with Crippen LogP contribution < -0.4 is 5.73 Å². The van der Waals surface area contributed by atoms with Gasteiger partial charge in [0.15, 0.2) is 0 Å². The van der Waals surface area contributed by atoms with Gasteiger partial charge in [-0.3, -0.25) is 4.79 Å². The lowest BCUT2D eigenvalue weighted by Gasteiger charge is -2.34.